The lowest BCUT2D eigenvalue weighted by Crippen LogP contribution is -2.58. The van der Waals surface area contributed by atoms with Gasteiger partial charge in [-0.3, -0.25) is 24.0 Å². The van der Waals surface area contributed by atoms with Crippen LogP contribution in [0.5, 0.6) is 0 Å². The van der Waals surface area contributed by atoms with Crippen molar-refractivity contribution < 1.29 is 43.7 Å². The zero-order chi connectivity index (χ0) is 37.7. The zero-order valence-corrected chi connectivity index (χ0v) is 30.1. The quantitative estimate of drug-likeness (QED) is 0.0892. The molecular weight excluding hydrogens is 648 g/mol. The van der Waals surface area contributed by atoms with Crippen LogP contribution in [0, 0.1) is 23.7 Å². The van der Waals surface area contributed by atoms with Gasteiger partial charge in [0.1, 0.15) is 30.2 Å². The van der Waals surface area contributed by atoms with Crippen molar-refractivity contribution >= 4 is 35.5 Å². The minimum atomic E-state index is -1.20. The summed E-state index contributed by atoms with van der Waals surface area (Å²) in [6.07, 6.45) is 0.647. The van der Waals surface area contributed by atoms with Gasteiger partial charge in [-0.05, 0) is 56.4 Å². The smallest absolute Gasteiger partial charge is 0.328 e. The van der Waals surface area contributed by atoms with Gasteiger partial charge in [-0.2, -0.15) is 0 Å². The Labute approximate surface area is 294 Å². The maximum Gasteiger partial charge on any atom is 0.328 e. The van der Waals surface area contributed by atoms with Crippen LogP contribution in [0.25, 0.3) is 0 Å². The molecule has 9 N–H and O–H groups in total. The van der Waals surface area contributed by atoms with Gasteiger partial charge in [-0.1, -0.05) is 64.4 Å². The Kier molecular flexibility index (Phi) is 16.8. The maximum atomic E-state index is 13.7. The molecule has 9 atom stereocenters. The molecule has 0 aromatic heterocycles. The van der Waals surface area contributed by atoms with Gasteiger partial charge in [-0.25, -0.2) is 4.79 Å². The molecule has 0 saturated heterocycles. The van der Waals surface area contributed by atoms with Crippen LogP contribution in [-0.2, 0) is 39.9 Å². The van der Waals surface area contributed by atoms with Crippen molar-refractivity contribution in [3.8, 4) is 0 Å². The highest BCUT2D eigenvalue weighted by Crippen LogP contribution is 2.36. The standard InChI is InChI=1S/C35H56N6O9/c1-18(2)27(34(48)41-28(19(3)4)35(49)50-7)40-32(46)24-15-11-14-23(24)29(43)26(16-22-12-9-8-10-13-22)39-31(45)21(6)37-30(44)20(5)38-33(47)25(36)17-42/h8-10,12-13,18-21,23-29,42-43H,11,14-17,36H2,1-7H3,(H,37,44)(H,38,47)(H,39,45)(H,40,46)(H,41,48)/t20-,21-,23?,24+,25-,26?,27+,28?,29?/m0/s1. The lowest BCUT2D eigenvalue weighted by Gasteiger charge is -2.33. The van der Waals surface area contributed by atoms with Crippen molar-refractivity contribution in [3.05, 3.63) is 35.9 Å². The van der Waals surface area contributed by atoms with E-state index in [4.69, 9.17) is 15.6 Å². The summed E-state index contributed by atoms with van der Waals surface area (Å²) in [7, 11) is 1.24. The third-order valence-electron chi connectivity index (χ3n) is 9.09. The first-order chi connectivity index (χ1) is 23.5. The number of nitrogens with one attached hydrogen (secondary N) is 5. The molecular formula is C35H56N6O9. The second kappa shape index (κ2) is 19.9. The molecule has 280 valence electrons. The summed E-state index contributed by atoms with van der Waals surface area (Å²) >= 11 is 0. The van der Waals surface area contributed by atoms with E-state index >= 15 is 0 Å². The molecule has 15 nitrogen and oxygen atoms in total. The van der Waals surface area contributed by atoms with E-state index < -0.39 is 96.3 Å². The highest BCUT2D eigenvalue weighted by atomic mass is 16.5. The molecule has 1 aliphatic carbocycles. The number of amides is 5. The second-order valence-corrected chi connectivity index (χ2v) is 13.7. The Hall–Kier alpha value is -4.08. The summed E-state index contributed by atoms with van der Waals surface area (Å²) in [5.74, 6) is -5.31. The maximum absolute atomic E-state index is 13.7. The van der Waals surface area contributed by atoms with Crippen LogP contribution in [0.4, 0.5) is 0 Å². The summed E-state index contributed by atoms with van der Waals surface area (Å²) in [5.41, 5.74) is 6.32. The number of carbonyl (C=O) groups is 6. The van der Waals surface area contributed by atoms with Crippen LogP contribution < -0.4 is 32.3 Å². The Balaban J connectivity index is 2.21. The van der Waals surface area contributed by atoms with Crippen molar-refractivity contribution in [2.45, 2.75) is 110 Å². The van der Waals surface area contributed by atoms with Gasteiger partial charge >= 0.3 is 5.97 Å². The number of ether oxygens (including phenoxy) is 1. The number of hydrogen-bond donors (Lipinski definition) is 8. The molecule has 50 heavy (non-hydrogen) atoms. The number of methoxy groups -OCH3 is 1. The number of carbonyl (C=O) groups excluding carboxylic acids is 6. The summed E-state index contributed by atoms with van der Waals surface area (Å²) in [4.78, 5) is 77.4. The second-order valence-electron chi connectivity index (χ2n) is 13.7. The van der Waals surface area contributed by atoms with Gasteiger partial charge in [0.2, 0.25) is 29.5 Å². The van der Waals surface area contributed by atoms with E-state index in [-0.39, 0.29) is 18.3 Å². The number of aliphatic hydroxyl groups excluding tert-OH is 2. The predicted octanol–water partition coefficient (Wildman–Crippen LogP) is -0.725. The Morgan fingerprint density at radius 1 is 0.780 bits per heavy atom. The predicted molar refractivity (Wildman–Crippen MR) is 185 cm³/mol. The molecule has 5 amide bonds. The summed E-state index contributed by atoms with van der Waals surface area (Å²) in [6, 6.07) is 3.18. The number of aliphatic hydroxyl groups is 2. The molecule has 0 bridgehead atoms. The fourth-order valence-electron chi connectivity index (χ4n) is 5.99. The normalized spacial score (nSPS) is 20.0. The SMILES string of the molecule is COC(=O)C(NC(=O)[C@H](NC(=O)[C@@H]1CCCC1C(O)C(Cc1ccccc1)NC(=O)[C@H](C)NC(=O)[C@H](C)NC(=O)[C@@H](N)CO)C(C)C)C(C)C. The number of benzene rings is 1. The number of nitrogens with two attached hydrogens (primary N) is 1. The van der Waals surface area contributed by atoms with E-state index in [9.17, 15) is 33.9 Å². The lowest BCUT2D eigenvalue weighted by molar-refractivity contribution is -0.147. The minimum Gasteiger partial charge on any atom is -0.467 e. The van der Waals surface area contributed by atoms with E-state index in [2.05, 4.69) is 26.6 Å². The largest absolute Gasteiger partial charge is 0.467 e. The summed E-state index contributed by atoms with van der Waals surface area (Å²) in [6.45, 7) is 9.36. The Morgan fingerprint density at radius 3 is 1.88 bits per heavy atom. The number of rotatable bonds is 18. The monoisotopic (exact) mass is 704 g/mol. The van der Waals surface area contributed by atoms with Crippen LogP contribution in [0.3, 0.4) is 0 Å². The van der Waals surface area contributed by atoms with Crippen LogP contribution in [0.1, 0.15) is 66.4 Å². The number of esters is 1. The van der Waals surface area contributed by atoms with E-state index in [0.29, 0.717) is 19.3 Å². The Morgan fingerprint density at radius 2 is 1.34 bits per heavy atom. The van der Waals surface area contributed by atoms with Crippen molar-refractivity contribution in [1.82, 2.24) is 26.6 Å². The molecule has 0 spiro atoms. The van der Waals surface area contributed by atoms with Gasteiger partial charge in [0.25, 0.3) is 0 Å². The van der Waals surface area contributed by atoms with Crippen molar-refractivity contribution in [2.24, 2.45) is 29.4 Å². The zero-order valence-electron chi connectivity index (χ0n) is 30.1. The van der Waals surface area contributed by atoms with Crippen LogP contribution in [0.15, 0.2) is 30.3 Å². The van der Waals surface area contributed by atoms with Gasteiger partial charge in [0.15, 0.2) is 0 Å². The van der Waals surface area contributed by atoms with Gasteiger partial charge < -0.3 is 47.3 Å². The van der Waals surface area contributed by atoms with Crippen LogP contribution in [-0.4, -0.2) is 102 Å². The summed E-state index contributed by atoms with van der Waals surface area (Å²) < 4.78 is 4.83. The molecule has 15 heteroatoms. The molecule has 2 rings (SSSR count). The molecule has 0 aliphatic heterocycles. The third kappa shape index (κ3) is 12.1. The fraction of sp³-hybridized carbons (Fsp3) is 0.657. The molecule has 0 heterocycles. The average molecular weight is 705 g/mol. The van der Waals surface area contributed by atoms with Gasteiger partial charge in [-0.15, -0.1) is 0 Å². The molecule has 1 aromatic rings. The highest BCUT2D eigenvalue weighted by Gasteiger charge is 2.42. The van der Waals surface area contributed by atoms with Crippen molar-refractivity contribution in [2.75, 3.05) is 13.7 Å². The number of hydrogen-bond acceptors (Lipinski definition) is 10. The molecule has 1 aliphatic rings. The fourth-order valence-corrected chi connectivity index (χ4v) is 5.99. The lowest BCUT2D eigenvalue weighted by atomic mass is 9.84. The van der Waals surface area contributed by atoms with Gasteiger partial charge in [0.05, 0.1) is 25.9 Å². The van der Waals surface area contributed by atoms with E-state index in [0.717, 1.165) is 5.56 Å². The van der Waals surface area contributed by atoms with E-state index in [1.165, 1.54) is 21.0 Å². The average Bonchev–Trinajstić information content (AvgIpc) is 3.58. The summed E-state index contributed by atoms with van der Waals surface area (Å²) in [5, 5.41) is 34.2. The van der Waals surface area contributed by atoms with Gasteiger partial charge in [0, 0.05) is 5.92 Å². The first-order valence-corrected chi connectivity index (χ1v) is 17.2. The van der Waals surface area contributed by atoms with Crippen LogP contribution >= 0.6 is 0 Å². The van der Waals surface area contributed by atoms with Crippen molar-refractivity contribution in [1.29, 1.82) is 0 Å². The van der Waals surface area contributed by atoms with Crippen LogP contribution in [0.2, 0.25) is 0 Å². The third-order valence-corrected chi connectivity index (χ3v) is 9.09. The molecule has 1 saturated carbocycles. The highest BCUT2D eigenvalue weighted by molar-refractivity contribution is 5.93. The molecule has 1 fully saturated rings. The minimum absolute atomic E-state index is 0.228. The van der Waals surface area contributed by atoms with E-state index in [1.54, 1.807) is 27.7 Å². The molecule has 1 aromatic carbocycles. The first-order valence-electron chi connectivity index (χ1n) is 17.2. The molecule has 0 radical (unpaired) electrons. The first kappa shape index (κ1) is 42.1. The molecule has 4 unspecified atom stereocenters. The van der Waals surface area contributed by atoms with Crippen molar-refractivity contribution in [3.63, 3.8) is 0 Å². The Bertz CT molecular complexity index is 1310. The van der Waals surface area contributed by atoms with E-state index in [1.807, 2.05) is 30.3 Å². The topological polar surface area (TPSA) is 238 Å².